The SMILES string of the molecule is CCC1=C[C@@H](Cl)[C@H](C)[C@@H](C)[C@@H]1C.CCOc1ccc(Cc2cc(B3OC(C)(C)C(C)(C)O3)ccc2Cl)cc1.CCOc1ccc(Cc2cc(O[B]O)ccc2Cl)cc1. The van der Waals surface area contributed by atoms with E-state index in [0.29, 0.717) is 44.0 Å². The molecule has 6 nitrogen and oxygen atoms in total. The Kier molecular flexibility index (Phi) is 18.0. The third-order valence-corrected chi connectivity index (χ3v) is 12.8. The topological polar surface area (TPSA) is 66.4 Å². The van der Waals surface area contributed by atoms with E-state index in [1.54, 1.807) is 17.7 Å². The zero-order valence-corrected chi connectivity index (χ0v) is 38.1. The van der Waals surface area contributed by atoms with Crippen molar-refractivity contribution in [1.82, 2.24) is 0 Å². The molecule has 1 heterocycles. The van der Waals surface area contributed by atoms with Crippen LogP contribution < -0.4 is 19.6 Å². The average molecular weight is 849 g/mol. The summed E-state index contributed by atoms with van der Waals surface area (Å²) in [4.78, 5) is 0. The minimum atomic E-state index is -0.378. The maximum absolute atomic E-state index is 8.66. The van der Waals surface area contributed by atoms with E-state index in [1.165, 1.54) is 5.56 Å². The summed E-state index contributed by atoms with van der Waals surface area (Å²) in [5, 5.41) is 10.3. The standard InChI is InChI=1S/C21H26BClO3.C15H15BClO3.C11H19Cl/c1-6-24-18-10-7-15(8-11-18)13-16-14-17(9-12-19(16)23)22-25-20(2,3)21(4,5)26-22;1-2-19-13-5-3-11(4-6-13)9-12-10-14(20-16-18)7-8-15(12)17;1-5-10-6-11(12)9(4)7(2)8(10)3/h7-12,14H,6,13H2,1-5H3;3-8,10,18H,2,9H2,1H3;6-9,11H,5H2,1-4H3/t;;7-,8-,9+,11+/m..0/s1. The van der Waals surface area contributed by atoms with Gasteiger partial charge in [-0.1, -0.05) is 98.9 Å². The molecule has 0 bridgehead atoms. The minimum absolute atomic E-state index is 0.256. The predicted octanol–water partition coefficient (Wildman–Crippen LogP) is 11.7. The molecule has 0 unspecified atom stereocenters. The van der Waals surface area contributed by atoms with Crippen LogP contribution in [0.25, 0.3) is 0 Å². The molecule has 1 fully saturated rings. The van der Waals surface area contributed by atoms with Gasteiger partial charge >= 0.3 is 14.8 Å². The molecule has 0 aromatic heterocycles. The second-order valence-electron chi connectivity index (χ2n) is 16.0. The fourth-order valence-corrected chi connectivity index (χ4v) is 7.65. The molecular weight excluding hydrogens is 788 g/mol. The molecule has 1 radical (unpaired) electrons. The maximum atomic E-state index is 8.66. The van der Waals surface area contributed by atoms with Crippen molar-refractivity contribution in [3.05, 3.63) is 129 Å². The zero-order valence-electron chi connectivity index (χ0n) is 35.8. The molecule has 4 aromatic carbocycles. The van der Waals surface area contributed by atoms with Crippen molar-refractivity contribution in [2.24, 2.45) is 17.8 Å². The molecule has 1 saturated heterocycles. The lowest BCUT2D eigenvalue weighted by molar-refractivity contribution is 0.00578. The molecule has 11 heteroatoms. The fraction of sp³-hybridized carbons (Fsp3) is 0.447. The molecule has 1 aliphatic heterocycles. The van der Waals surface area contributed by atoms with Gasteiger partial charge in [-0.3, -0.25) is 0 Å². The normalized spacial score (nSPS) is 20.4. The van der Waals surface area contributed by atoms with Gasteiger partial charge in [0.1, 0.15) is 17.2 Å². The molecule has 0 amide bonds. The second-order valence-corrected chi connectivity index (χ2v) is 17.3. The number of rotatable bonds is 12. The largest absolute Gasteiger partial charge is 0.569 e. The van der Waals surface area contributed by atoms with Gasteiger partial charge in [0.25, 0.3) is 0 Å². The van der Waals surface area contributed by atoms with E-state index < -0.39 is 0 Å². The average Bonchev–Trinajstić information content (AvgIpc) is 3.42. The summed E-state index contributed by atoms with van der Waals surface area (Å²) in [5.74, 6) is 4.37. The number of hydrogen-bond donors (Lipinski definition) is 1. The van der Waals surface area contributed by atoms with Gasteiger partial charge in [0.15, 0.2) is 0 Å². The minimum Gasteiger partial charge on any atom is -0.537 e. The highest BCUT2D eigenvalue weighted by atomic mass is 35.5. The smallest absolute Gasteiger partial charge is 0.537 e. The van der Waals surface area contributed by atoms with E-state index in [0.717, 1.165) is 63.4 Å². The summed E-state index contributed by atoms with van der Waals surface area (Å²) in [6, 6.07) is 27.3. The summed E-state index contributed by atoms with van der Waals surface area (Å²) >= 11 is 18.8. The van der Waals surface area contributed by atoms with Gasteiger partial charge in [-0.05, 0) is 155 Å². The van der Waals surface area contributed by atoms with Crippen molar-refractivity contribution in [3.63, 3.8) is 0 Å². The molecule has 0 spiro atoms. The Balaban J connectivity index is 0.000000206. The lowest BCUT2D eigenvalue weighted by Crippen LogP contribution is -2.41. The van der Waals surface area contributed by atoms with Gasteiger partial charge in [-0.2, -0.15) is 0 Å². The summed E-state index contributed by atoms with van der Waals surface area (Å²) in [6.45, 7) is 22.6. The van der Waals surface area contributed by atoms with Gasteiger partial charge in [-0.25, -0.2) is 0 Å². The molecule has 311 valence electrons. The Hall–Kier alpha value is -3.10. The maximum Gasteiger partial charge on any atom is 0.569 e. The Morgan fingerprint density at radius 1 is 0.672 bits per heavy atom. The van der Waals surface area contributed by atoms with Crippen molar-refractivity contribution in [2.75, 3.05) is 13.2 Å². The van der Waals surface area contributed by atoms with E-state index in [9.17, 15) is 0 Å². The number of allylic oxidation sites excluding steroid dienone is 2. The van der Waals surface area contributed by atoms with Crippen LogP contribution in [0.5, 0.6) is 17.2 Å². The van der Waals surface area contributed by atoms with Crippen LogP contribution in [0, 0.1) is 17.8 Å². The van der Waals surface area contributed by atoms with Gasteiger partial charge in [-0.15, -0.1) is 11.6 Å². The molecule has 0 saturated carbocycles. The molecule has 58 heavy (non-hydrogen) atoms. The van der Waals surface area contributed by atoms with Crippen LogP contribution in [0.15, 0.2) is 96.6 Å². The van der Waals surface area contributed by atoms with Gasteiger partial charge < -0.3 is 28.5 Å². The number of hydrogen-bond acceptors (Lipinski definition) is 6. The first-order valence-corrected chi connectivity index (χ1v) is 21.5. The van der Waals surface area contributed by atoms with Crippen LogP contribution in [0.2, 0.25) is 10.0 Å². The van der Waals surface area contributed by atoms with Crippen LogP contribution in [0.1, 0.15) is 97.9 Å². The Bertz CT molecular complexity index is 1900. The molecule has 2 aliphatic rings. The number of benzene rings is 4. The Morgan fingerprint density at radius 3 is 1.60 bits per heavy atom. The van der Waals surface area contributed by atoms with Crippen LogP contribution in [0.3, 0.4) is 0 Å². The molecule has 4 aromatic rings. The van der Waals surface area contributed by atoms with E-state index in [2.05, 4.69) is 79.7 Å². The lowest BCUT2D eigenvalue weighted by Gasteiger charge is -2.35. The predicted molar refractivity (Wildman–Crippen MR) is 244 cm³/mol. The first-order valence-electron chi connectivity index (χ1n) is 20.3. The molecule has 4 atom stereocenters. The molecule has 1 aliphatic carbocycles. The Labute approximate surface area is 364 Å². The lowest BCUT2D eigenvalue weighted by atomic mass is 9.73. The first-order chi connectivity index (χ1) is 27.5. The highest BCUT2D eigenvalue weighted by Crippen LogP contribution is 2.38. The summed E-state index contributed by atoms with van der Waals surface area (Å²) in [5.41, 5.74) is 6.13. The molecule has 1 N–H and O–H groups in total. The van der Waals surface area contributed by atoms with Crippen molar-refractivity contribution in [2.45, 2.75) is 105 Å². The zero-order chi connectivity index (χ0) is 42.6. The van der Waals surface area contributed by atoms with Crippen LogP contribution in [0.4, 0.5) is 0 Å². The van der Waals surface area contributed by atoms with Crippen LogP contribution >= 0.6 is 34.8 Å². The third kappa shape index (κ3) is 12.9. The van der Waals surface area contributed by atoms with Crippen molar-refractivity contribution in [3.8, 4) is 17.2 Å². The third-order valence-electron chi connectivity index (χ3n) is 11.5. The first kappa shape index (κ1) is 47.6. The van der Waals surface area contributed by atoms with Crippen molar-refractivity contribution >= 4 is 55.1 Å². The van der Waals surface area contributed by atoms with E-state index >= 15 is 0 Å². The van der Waals surface area contributed by atoms with Gasteiger partial charge in [0.2, 0.25) is 0 Å². The van der Waals surface area contributed by atoms with Gasteiger partial charge in [0, 0.05) is 10.0 Å². The van der Waals surface area contributed by atoms with E-state index in [1.807, 2.05) is 68.4 Å². The summed E-state index contributed by atoms with van der Waals surface area (Å²) in [7, 11) is 0.278. The van der Waals surface area contributed by atoms with Crippen LogP contribution in [-0.4, -0.2) is 49.6 Å². The number of alkyl halides is 1. The monoisotopic (exact) mass is 847 g/mol. The quantitative estimate of drug-likeness (QED) is 0.0870. The molecule has 6 rings (SSSR count). The number of halogens is 3. The fourth-order valence-electron chi connectivity index (χ4n) is 6.89. The van der Waals surface area contributed by atoms with Gasteiger partial charge in [0.05, 0.1) is 29.8 Å². The molecular formula is C47H60B2Cl3O6. The summed E-state index contributed by atoms with van der Waals surface area (Å²) < 4.78 is 28.2. The Morgan fingerprint density at radius 2 is 1.14 bits per heavy atom. The van der Waals surface area contributed by atoms with Crippen molar-refractivity contribution < 1.29 is 28.5 Å². The highest BCUT2D eigenvalue weighted by molar-refractivity contribution is 6.62. The summed E-state index contributed by atoms with van der Waals surface area (Å²) in [6.07, 6.45) is 4.85. The van der Waals surface area contributed by atoms with Crippen LogP contribution in [-0.2, 0) is 22.2 Å². The van der Waals surface area contributed by atoms with E-state index in [-0.39, 0.29) is 23.7 Å². The van der Waals surface area contributed by atoms with Crippen molar-refractivity contribution in [1.29, 1.82) is 0 Å². The van der Waals surface area contributed by atoms with E-state index in [4.69, 9.17) is 63.3 Å². The highest BCUT2D eigenvalue weighted by Gasteiger charge is 2.51. The second kappa shape index (κ2) is 21.9. The number of ether oxygens (including phenoxy) is 2.